The Bertz CT molecular complexity index is 336. The second-order valence-corrected chi connectivity index (χ2v) is 3.99. The molecule has 1 atom stereocenters. The Hall–Kier alpha value is -1.78. The fraction of sp³-hybridized carbons (Fsp3) is 0.538. The van der Waals surface area contributed by atoms with Crippen molar-refractivity contribution < 1.29 is 19.4 Å². The summed E-state index contributed by atoms with van der Waals surface area (Å²) in [6.07, 6.45) is 2.93. The molecule has 0 aliphatic heterocycles. The summed E-state index contributed by atoms with van der Waals surface area (Å²) in [5.41, 5.74) is 0.955. The van der Waals surface area contributed by atoms with Crippen LogP contribution >= 0.6 is 0 Å². The van der Waals surface area contributed by atoms with Crippen molar-refractivity contribution in [2.24, 2.45) is 0 Å². The van der Waals surface area contributed by atoms with Crippen molar-refractivity contribution in [3.8, 4) is 0 Å². The lowest BCUT2D eigenvalue weighted by molar-refractivity contribution is -0.138. The number of unbranched alkanes of at least 4 members (excludes halogenated alkanes) is 2. The number of nitrogens with one attached hydrogen (secondary N) is 1. The van der Waals surface area contributed by atoms with Gasteiger partial charge in [0.25, 0.3) is 0 Å². The molecule has 0 saturated heterocycles. The summed E-state index contributed by atoms with van der Waals surface area (Å²) >= 11 is 0. The normalized spacial score (nSPS) is 11.4. The average molecular weight is 255 g/mol. The monoisotopic (exact) mass is 255 g/mol. The second-order valence-electron chi connectivity index (χ2n) is 3.99. The lowest BCUT2D eigenvalue weighted by Gasteiger charge is -2.18. The van der Waals surface area contributed by atoms with E-state index < -0.39 is 18.1 Å². The average Bonchev–Trinajstić information content (AvgIpc) is 2.34. The number of hydrogen-bond acceptors (Lipinski definition) is 3. The van der Waals surface area contributed by atoms with Crippen LogP contribution in [0.15, 0.2) is 24.3 Å². The van der Waals surface area contributed by atoms with Gasteiger partial charge in [-0.05, 0) is 24.0 Å². The molecule has 0 bridgehead atoms. The highest BCUT2D eigenvalue weighted by Gasteiger charge is 2.24. The first-order chi connectivity index (χ1) is 8.43. The number of carbonyl (C=O) groups excluding carboxylic acids is 1. The molecule has 0 spiro atoms. The van der Waals surface area contributed by atoms with Crippen molar-refractivity contribution in [2.75, 3.05) is 7.11 Å². The first kappa shape index (κ1) is 16.2. The molecule has 0 aromatic heterocycles. The minimum Gasteiger partial charge on any atom is -0.479 e. The van der Waals surface area contributed by atoms with Crippen LogP contribution in [0, 0.1) is 0 Å². The van der Waals surface area contributed by atoms with Gasteiger partial charge in [0.05, 0.1) is 7.11 Å². The van der Waals surface area contributed by atoms with E-state index in [0.29, 0.717) is 17.6 Å². The Morgan fingerprint density at radius 1 is 1.33 bits per heavy atom. The van der Waals surface area contributed by atoms with E-state index in [2.05, 4.69) is 30.1 Å². The Balaban J connectivity index is 4.51. The third kappa shape index (κ3) is 5.52. The van der Waals surface area contributed by atoms with Crippen LogP contribution in [0.1, 0.15) is 32.6 Å². The predicted octanol–water partition coefficient (Wildman–Crippen LogP) is 2.49. The molecule has 0 rings (SSSR count). The van der Waals surface area contributed by atoms with Gasteiger partial charge in [-0.2, -0.15) is 0 Å². The van der Waals surface area contributed by atoms with Crippen LogP contribution in [0.25, 0.3) is 0 Å². The molecule has 0 aliphatic rings. The van der Waals surface area contributed by atoms with E-state index in [4.69, 9.17) is 5.11 Å². The molecule has 0 heterocycles. The summed E-state index contributed by atoms with van der Waals surface area (Å²) in [6, 6.07) is -1.19. The van der Waals surface area contributed by atoms with Crippen LogP contribution in [0.5, 0.6) is 0 Å². The fourth-order valence-corrected chi connectivity index (χ4v) is 1.43. The summed E-state index contributed by atoms with van der Waals surface area (Å²) < 4.78 is 4.38. The van der Waals surface area contributed by atoms with Crippen LogP contribution < -0.4 is 5.32 Å². The largest absolute Gasteiger partial charge is 0.479 e. The van der Waals surface area contributed by atoms with E-state index in [-0.39, 0.29) is 0 Å². The molecule has 102 valence electrons. The molecular weight excluding hydrogens is 234 g/mol. The molecule has 0 aromatic rings. The number of ether oxygens (including phenoxy) is 1. The number of amides is 1. The molecule has 5 heteroatoms. The number of carboxylic acids is 1. The summed E-state index contributed by atoms with van der Waals surface area (Å²) in [7, 11) is 1.17. The van der Waals surface area contributed by atoms with Crippen molar-refractivity contribution in [1.29, 1.82) is 0 Å². The first-order valence-corrected chi connectivity index (χ1v) is 5.88. The Labute approximate surface area is 108 Å². The van der Waals surface area contributed by atoms with Crippen LogP contribution in [-0.2, 0) is 9.53 Å². The van der Waals surface area contributed by atoms with Crippen molar-refractivity contribution in [2.45, 2.75) is 38.6 Å². The molecule has 0 unspecified atom stereocenters. The van der Waals surface area contributed by atoms with Crippen molar-refractivity contribution in [3.05, 3.63) is 24.3 Å². The summed E-state index contributed by atoms with van der Waals surface area (Å²) in [5.74, 6) is -1.18. The zero-order valence-electron chi connectivity index (χ0n) is 11.0. The van der Waals surface area contributed by atoms with Crippen LogP contribution in [0.4, 0.5) is 4.79 Å². The minimum absolute atomic E-state index is 0.309. The van der Waals surface area contributed by atoms with Gasteiger partial charge in [-0.3, -0.25) is 0 Å². The minimum atomic E-state index is -1.19. The highest BCUT2D eigenvalue weighted by Crippen LogP contribution is 2.18. The smallest absolute Gasteiger partial charge is 0.407 e. The molecule has 5 nitrogen and oxygen atoms in total. The van der Waals surface area contributed by atoms with Gasteiger partial charge in [0, 0.05) is 0 Å². The number of alkyl carbamates (subject to hydrolysis) is 1. The number of carboxylic acid groups (broad SMARTS) is 1. The number of rotatable bonds is 8. The van der Waals surface area contributed by atoms with Gasteiger partial charge in [-0.25, -0.2) is 9.59 Å². The molecule has 0 saturated carbocycles. The van der Waals surface area contributed by atoms with E-state index in [9.17, 15) is 9.59 Å². The molecular formula is C13H21NO4. The van der Waals surface area contributed by atoms with Crippen molar-refractivity contribution in [1.82, 2.24) is 5.32 Å². The molecule has 0 aliphatic carbocycles. The summed E-state index contributed by atoms with van der Waals surface area (Å²) in [6.45, 7) is 9.58. The number of carbonyl (C=O) groups is 2. The lowest BCUT2D eigenvalue weighted by atomic mass is 9.97. The standard InChI is InChI=1S/C13H21NO4/c1-5-6-7-8-9(2)10(3)11(12(15)16)14-13(17)18-4/h11H,2-3,5-8H2,1,4H3,(H,14,17)(H,15,16)/t11-/m1/s1. The topological polar surface area (TPSA) is 75.6 Å². The maximum Gasteiger partial charge on any atom is 0.407 e. The quantitative estimate of drug-likeness (QED) is 0.516. The SMILES string of the molecule is C=C(CCCCC)C(=C)[C@@H](NC(=O)OC)C(=O)O. The highest BCUT2D eigenvalue weighted by atomic mass is 16.5. The maximum atomic E-state index is 11.1. The molecule has 0 radical (unpaired) electrons. The third-order valence-electron chi connectivity index (χ3n) is 2.58. The molecule has 2 N–H and O–H groups in total. The zero-order chi connectivity index (χ0) is 14.1. The fourth-order valence-electron chi connectivity index (χ4n) is 1.43. The number of methoxy groups -OCH3 is 1. The molecule has 0 aromatic carbocycles. The van der Waals surface area contributed by atoms with Gasteiger partial charge in [-0.15, -0.1) is 0 Å². The first-order valence-electron chi connectivity index (χ1n) is 5.88. The molecule has 0 fully saturated rings. The van der Waals surface area contributed by atoms with Crippen LogP contribution in [0.3, 0.4) is 0 Å². The third-order valence-corrected chi connectivity index (χ3v) is 2.58. The Morgan fingerprint density at radius 2 is 1.94 bits per heavy atom. The van der Waals surface area contributed by atoms with Gasteiger partial charge >= 0.3 is 12.1 Å². The van der Waals surface area contributed by atoms with E-state index in [1.165, 1.54) is 7.11 Å². The van der Waals surface area contributed by atoms with Crippen molar-refractivity contribution >= 4 is 12.1 Å². The van der Waals surface area contributed by atoms with E-state index in [1.54, 1.807) is 0 Å². The van der Waals surface area contributed by atoms with E-state index in [0.717, 1.165) is 19.3 Å². The molecule has 18 heavy (non-hydrogen) atoms. The molecule has 1 amide bonds. The Morgan fingerprint density at radius 3 is 2.39 bits per heavy atom. The van der Waals surface area contributed by atoms with E-state index >= 15 is 0 Å². The summed E-state index contributed by atoms with van der Waals surface area (Å²) in [4.78, 5) is 22.1. The van der Waals surface area contributed by atoms with Gasteiger partial charge in [0.1, 0.15) is 0 Å². The van der Waals surface area contributed by atoms with E-state index in [1.807, 2.05) is 0 Å². The second kappa shape index (κ2) is 8.33. The van der Waals surface area contributed by atoms with Crippen LogP contribution in [0.2, 0.25) is 0 Å². The maximum absolute atomic E-state index is 11.1. The number of aliphatic carboxylic acids is 1. The zero-order valence-corrected chi connectivity index (χ0v) is 11.0. The predicted molar refractivity (Wildman–Crippen MR) is 69.4 cm³/mol. The lowest BCUT2D eigenvalue weighted by Crippen LogP contribution is -2.42. The summed E-state index contributed by atoms with van der Waals surface area (Å²) in [5, 5.41) is 11.3. The Kier molecular flexibility index (Phi) is 7.51. The van der Waals surface area contributed by atoms with Gasteiger partial charge in [0.2, 0.25) is 0 Å². The van der Waals surface area contributed by atoms with Gasteiger partial charge < -0.3 is 15.2 Å². The van der Waals surface area contributed by atoms with Gasteiger partial charge in [-0.1, -0.05) is 32.9 Å². The van der Waals surface area contributed by atoms with Gasteiger partial charge in [0.15, 0.2) is 6.04 Å². The highest BCUT2D eigenvalue weighted by molar-refractivity contribution is 5.84. The number of hydrogen-bond donors (Lipinski definition) is 2. The van der Waals surface area contributed by atoms with Crippen LogP contribution in [-0.4, -0.2) is 30.3 Å². The van der Waals surface area contributed by atoms with Crippen molar-refractivity contribution in [3.63, 3.8) is 0 Å².